The zero-order valence-electron chi connectivity index (χ0n) is 8.18. The summed E-state index contributed by atoms with van der Waals surface area (Å²) in [6.45, 7) is 4.00. The molecule has 0 unspecified atom stereocenters. The Morgan fingerprint density at radius 1 is 1.29 bits per heavy atom. The molecule has 0 amide bonds. The van der Waals surface area contributed by atoms with Gasteiger partial charge in [-0.3, -0.25) is 0 Å². The van der Waals surface area contributed by atoms with Gasteiger partial charge < -0.3 is 5.32 Å². The van der Waals surface area contributed by atoms with Gasteiger partial charge in [-0.05, 0) is 6.07 Å². The molecule has 0 bridgehead atoms. The molecule has 14 heavy (non-hydrogen) atoms. The quantitative estimate of drug-likeness (QED) is 0.769. The van der Waals surface area contributed by atoms with Crippen LogP contribution in [0, 0.1) is 0 Å². The summed E-state index contributed by atoms with van der Waals surface area (Å²) in [4.78, 5) is 6.30. The molecule has 1 N–H and O–H groups in total. The Morgan fingerprint density at radius 3 is 2.29 bits per heavy atom. The van der Waals surface area contributed by atoms with Crippen LogP contribution in [0.1, 0.15) is 19.7 Å². The van der Waals surface area contributed by atoms with Crippen molar-refractivity contribution in [3.8, 4) is 0 Å². The van der Waals surface area contributed by atoms with Gasteiger partial charge in [0.05, 0.1) is 0 Å². The molecule has 1 rings (SSSR count). The fourth-order valence-corrected chi connectivity index (χ4v) is 0.635. The minimum absolute atomic E-state index is 0.150. The molecule has 0 aromatic carbocycles. The second-order valence-corrected chi connectivity index (χ2v) is 2.01. The lowest BCUT2D eigenvalue weighted by Crippen LogP contribution is -2.11. The van der Waals surface area contributed by atoms with E-state index in [1.54, 1.807) is 0 Å². The van der Waals surface area contributed by atoms with Crippen molar-refractivity contribution in [2.24, 2.45) is 0 Å². The van der Waals surface area contributed by atoms with Crippen LogP contribution in [0.4, 0.5) is 19.0 Å². The van der Waals surface area contributed by atoms with Gasteiger partial charge in [0.2, 0.25) is 5.82 Å². The van der Waals surface area contributed by atoms with Crippen LogP contribution < -0.4 is 5.32 Å². The van der Waals surface area contributed by atoms with Gasteiger partial charge in [-0.25, -0.2) is 9.97 Å². The predicted octanol–water partition coefficient (Wildman–Crippen LogP) is 2.56. The number of alkyl halides is 3. The highest BCUT2D eigenvalue weighted by Crippen LogP contribution is 2.26. The highest BCUT2D eigenvalue weighted by Gasteiger charge is 2.34. The van der Waals surface area contributed by atoms with Crippen LogP contribution in [0.3, 0.4) is 0 Å². The summed E-state index contributed by atoms with van der Waals surface area (Å²) < 4.78 is 35.9. The van der Waals surface area contributed by atoms with Crippen molar-refractivity contribution in [2.45, 2.75) is 20.0 Å². The molecular weight excluding hydrogens is 195 g/mol. The Balaban J connectivity index is 0.000000791. The molecule has 0 aliphatic carbocycles. The van der Waals surface area contributed by atoms with Crippen molar-refractivity contribution < 1.29 is 13.2 Å². The zero-order chi connectivity index (χ0) is 11.2. The van der Waals surface area contributed by atoms with E-state index in [4.69, 9.17) is 0 Å². The summed E-state index contributed by atoms with van der Waals surface area (Å²) in [6.07, 6.45) is -3.42. The standard InChI is InChI=1S/C6H6F3N3.C2H6/c1-10-4-2-3-11-5(12-4)6(7,8)9;1-2/h2-3H,1H3,(H,10,11,12);1-2H3. The number of hydrogen-bond donors (Lipinski definition) is 1. The lowest BCUT2D eigenvalue weighted by atomic mass is 10.5. The first-order chi connectivity index (χ1) is 6.54. The third kappa shape index (κ3) is 3.59. The monoisotopic (exact) mass is 207 g/mol. The average Bonchev–Trinajstić information content (AvgIpc) is 2.20. The summed E-state index contributed by atoms with van der Waals surface area (Å²) >= 11 is 0. The fourth-order valence-electron chi connectivity index (χ4n) is 0.635. The normalized spacial score (nSPS) is 10.1. The maximum Gasteiger partial charge on any atom is 0.451 e. The molecule has 0 aliphatic rings. The van der Waals surface area contributed by atoms with Crippen LogP contribution in [-0.4, -0.2) is 17.0 Å². The van der Waals surface area contributed by atoms with Gasteiger partial charge >= 0.3 is 6.18 Å². The van der Waals surface area contributed by atoms with Gasteiger partial charge in [0.25, 0.3) is 0 Å². The van der Waals surface area contributed by atoms with Crippen molar-refractivity contribution in [1.29, 1.82) is 0 Å². The molecular formula is C8H12F3N3. The van der Waals surface area contributed by atoms with Crippen LogP contribution >= 0.6 is 0 Å². The van der Waals surface area contributed by atoms with E-state index in [2.05, 4.69) is 15.3 Å². The molecule has 3 nitrogen and oxygen atoms in total. The summed E-state index contributed by atoms with van der Waals surface area (Å²) in [5, 5.41) is 2.49. The Hall–Kier alpha value is -1.33. The Morgan fingerprint density at radius 2 is 1.86 bits per heavy atom. The Bertz CT molecular complexity index is 273. The number of nitrogens with one attached hydrogen (secondary N) is 1. The maximum absolute atomic E-state index is 12.0. The van der Waals surface area contributed by atoms with E-state index >= 15 is 0 Å². The highest BCUT2D eigenvalue weighted by molar-refractivity contribution is 5.31. The maximum atomic E-state index is 12.0. The third-order valence-electron chi connectivity index (χ3n) is 1.17. The van der Waals surface area contributed by atoms with Crippen molar-refractivity contribution in [3.63, 3.8) is 0 Å². The van der Waals surface area contributed by atoms with Crippen LogP contribution in [0.15, 0.2) is 12.3 Å². The van der Waals surface area contributed by atoms with E-state index < -0.39 is 12.0 Å². The molecule has 0 radical (unpaired) electrons. The van der Waals surface area contributed by atoms with Crippen LogP contribution in [-0.2, 0) is 6.18 Å². The largest absolute Gasteiger partial charge is 0.451 e. The lowest BCUT2D eigenvalue weighted by Gasteiger charge is -2.05. The van der Waals surface area contributed by atoms with Crippen molar-refractivity contribution in [2.75, 3.05) is 12.4 Å². The Kier molecular flexibility index (Phi) is 4.90. The van der Waals surface area contributed by atoms with Crippen LogP contribution in [0.2, 0.25) is 0 Å². The minimum Gasteiger partial charge on any atom is -0.373 e. The van der Waals surface area contributed by atoms with Gasteiger partial charge in [-0.2, -0.15) is 13.2 Å². The molecule has 0 atom stereocenters. The van der Waals surface area contributed by atoms with E-state index in [0.29, 0.717) is 0 Å². The smallest absolute Gasteiger partial charge is 0.373 e. The van der Waals surface area contributed by atoms with Gasteiger partial charge in [-0.1, -0.05) is 13.8 Å². The minimum atomic E-state index is -4.48. The summed E-state index contributed by atoms with van der Waals surface area (Å²) in [5.41, 5.74) is 0. The first kappa shape index (κ1) is 12.7. The molecule has 1 aromatic rings. The number of aromatic nitrogens is 2. The molecule has 0 saturated heterocycles. The molecule has 6 heteroatoms. The molecule has 1 heterocycles. The van der Waals surface area contributed by atoms with Crippen molar-refractivity contribution in [3.05, 3.63) is 18.1 Å². The topological polar surface area (TPSA) is 37.8 Å². The fraction of sp³-hybridized carbons (Fsp3) is 0.500. The molecule has 0 saturated carbocycles. The summed E-state index contributed by atoms with van der Waals surface area (Å²) in [5.74, 6) is -0.980. The number of anilines is 1. The second kappa shape index (κ2) is 5.41. The van der Waals surface area contributed by atoms with E-state index in [1.165, 1.54) is 13.1 Å². The van der Waals surface area contributed by atoms with E-state index in [1.807, 2.05) is 13.8 Å². The lowest BCUT2D eigenvalue weighted by molar-refractivity contribution is -0.144. The third-order valence-corrected chi connectivity index (χ3v) is 1.17. The number of halogens is 3. The van der Waals surface area contributed by atoms with Gasteiger partial charge in [0.15, 0.2) is 0 Å². The van der Waals surface area contributed by atoms with Gasteiger partial charge in [-0.15, -0.1) is 0 Å². The Labute approximate surface area is 80.4 Å². The molecule has 80 valence electrons. The second-order valence-electron chi connectivity index (χ2n) is 2.01. The van der Waals surface area contributed by atoms with Crippen LogP contribution in [0.5, 0.6) is 0 Å². The van der Waals surface area contributed by atoms with Crippen molar-refractivity contribution >= 4 is 5.82 Å². The van der Waals surface area contributed by atoms with E-state index in [9.17, 15) is 13.2 Å². The summed E-state index contributed by atoms with van der Waals surface area (Å²) in [6, 6.07) is 1.36. The predicted molar refractivity (Wildman–Crippen MR) is 47.9 cm³/mol. The first-order valence-electron chi connectivity index (χ1n) is 4.12. The number of nitrogens with zero attached hydrogens (tertiary/aromatic N) is 2. The average molecular weight is 207 g/mol. The first-order valence-corrected chi connectivity index (χ1v) is 4.12. The summed E-state index contributed by atoms with van der Waals surface area (Å²) in [7, 11) is 1.49. The zero-order valence-corrected chi connectivity index (χ0v) is 8.18. The molecule has 1 aromatic heterocycles. The molecule has 0 spiro atoms. The van der Waals surface area contributed by atoms with Crippen LogP contribution in [0.25, 0.3) is 0 Å². The highest BCUT2D eigenvalue weighted by atomic mass is 19.4. The number of rotatable bonds is 1. The molecule has 0 fully saturated rings. The number of hydrogen-bond acceptors (Lipinski definition) is 3. The van der Waals surface area contributed by atoms with Gasteiger partial charge in [0.1, 0.15) is 5.82 Å². The van der Waals surface area contributed by atoms with Gasteiger partial charge in [0, 0.05) is 13.2 Å². The molecule has 0 aliphatic heterocycles. The van der Waals surface area contributed by atoms with E-state index in [-0.39, 0.29) is 5.82 Å². The van der Waals surface area contributed by atoms with E-state index in [0.717, 1.165) is 6.20 Å². The SMILES string of the molecule is CC.CNc1ccnc(C(F)(F)F)n1. The van der Waals surface area contributed by atoms with Crippen molar-refractivity contribution in [1.82, 2.24) is 9.97 Å².